The molecule has 106 valence electrons. The molecule has 1 aliphatic heterocycles. The van der Waals surface area contributed by atoms with Crippen molar-refractivity contribution in [1.29, 1.82) is 0 Å². The molecule has 20 heavy (non-hydrogen) atoms. The van der Waals surface area contributed by atoms with E-state index in [4.69, 9.17) is 0 Å². The lowest BCUT2D eigenvalue weighted by Crippen LogP contribution is -2.39. The molecule has 1 amide bonds. The second kappa shape index (κ2) is 4.86. The van der Waals surface area contributed by atoms with Crippen LogP contribution in [0.2, 0.25) is 0 Å². The quantitative estimate of drug-likeness (QED) is 0.672. The molecule has 1 saturated heterocycles. The van der Waals surface area contributed by atoms with E-state index in [1.54, 1.807) is 12.1 Å². The molecule has 1 saturated carbocycles. The number of nitrogens with zero attached hydrogens (tertiary/aromatic N) is 2. The number of hydrogen-bond acceptors (Lipinski definition) is 4. The van der Waals surface area contributed by atoms with Crippen molar-refractivity contribution in [3.8, 4) is 0 Å². The van der Waals surface area contributed by atoms with Crippen molar-refractivity contribution in [3.05, 3.63) is 39.9 Å². The zero-order valence-corrected chi connectivity index (χ0v) is 11.3. The van der Waals surface area contributed by atoms with E-state index in [1.807, 2.05) is 4.90 Å². The number of carbonyl (C=O) groups excluding carboxylic acids is 1. The Morgan fingerprint density at radius 1 is 1.35 bits per heavy atom. The fourth-order valence-corrected chi connectivity index (χ4v) is 2.84. The van der Waals surface area contributed by atoms with Crippen LogP contribution in [0.15, 0.2) is 24.3 Å². The van der Waals surface area contributed by atoms with Gasteiger partial charge in [-0.2, -0.15) is 0 Å². The summed E-state index contributed by atoms with van der Waals surface area (Å²) in [4.78, 5) is 24.2. The van der Waals surface area contributed by atoms with Crippen LogP contribution < -0.4 is 5.32 Å². The topological polar surface area (TPSA) is 75.5 Å². The first kappa shape index (κ1) is 13.1. The van der Waals surface area contributed by atoms with Gasteiger partial charge in [0, 0.05) is 18.2 Å². The number of benzene rings is 1. The van der Waals surface area contributed by atoms with Gasteiger partial charge in [-0.15, -0.1) is 0 Å². The van der Waals surface area contributed by atoms with Gasteiger partial charge in [0.15, 0.2) is 0 Å². The van der Waals surface area contributed by atoms with Crippen molar-refractivity contribution in [2.45, 2.75) is 32.0 Å². The number of nitrogens with one attached hydrogen (secondary N) is 1. The minimum absolute atomic E-state index is 0.0693. The predicted octanol–water partition coefficient (Wildman–Crippen LogP) is 1.82. The standard InChI is InChI=1S/C14H17N3O3/c1-9(10-2-3-10)16-13(18)8-15-14(16)11-4-6-12(7-5-11)17(19)20/h4-7,9-10,14-15H,2-3,8H2,1H3. The lowest BCUT2D eigenvalue weighted by atomic mass is 10.1. The maximum absolute atomic E-state index is 12.1. The second-order valence-corrected chi connectivity index (χ2v) is 5.51. The Hall–Kier alpha value is -1.95. The lowest BCUT2D eigenvalue weighted by molar-refractivity contribution is -0.384. The maximum Gasteiger partial charge on any atom is 0.269 e. The number of carbonyl (C=O) groups is 1. The smallest absolute Gasteiger partial charge is 0.269 e. The van der Waals surface area contributed by atoms with Crippen LogP contribution in [0.1, 0.15) is 31.5 Å². The predicted molar refractivity (Wildman–Crippen MR) is 72.9 cm³/mol. The highest BCUT2D eigenvalue weighted by atomic mass is 16.6. The number of rotatable bonds is 4. The molecule has 2 atom stereocenters. The highest BCUT2D eigenvalue weighted by molar-refractivity contribution is 5.81. The van der Waals surface area contributed by atoms with Crippen LogP contribution in [0.25, 0.3) is 0 Å². The Morgan fingerprint density at radius 2 is 2.00 bits per heavy atom. The molecular weight excluding hydrogens is 258 g/mol. The Bertz CT molecular complexity index is 539. The molecule has 1 aromatic carbocycles. The molecule has 0 spiro atoms. The summed E-state index contributed by atoms with van der Waals surface area (Å²) in [5.74, 6) is 0.701. The van der Waals surface area contributed by atoms with Gasteiger partial charge in [-0.05, 0) is 43.4 Å². The summed E-state index contributed by atoms with van der Waals surface area (Å²) in [6, 6.07) is 6.64. The van der Waals surface area contributed by atoms with Crippen LogP contribution in [0, 0.1) is 16.0 Å². The van der Waals surface area contributed by atoms with Crippen LogP contribution in [0.3, 0.4) is 0 Å². The molecule has 1 aromatic rings. The third kappa shape index (κ3) is 2.27. The molecule has 6 nitrogen and oxygen atoms in total. The third-order valence-corrected chi connectivity index (χ3v) is 4.18. The van der Waals surface area contributed by atoms with Crippen molar-refractivity contribution >= 4 is 11.6 Å². The van der Waals surface area contributed by atoms with Gasteiger partial charge in [-0.1, -0.05) is 0 Å². The fraction of sp³-hybridized carbons (Fsp3) is 0.500. The molecule has 2 aliphatic rings. The molecule has 6 heteroatoms. The van der Waals surface area contributed by atoms with Crippen LogP contribution in [-0.2, 0) is 4.79 Å². The Kier molecular flexibility index (Phi) is 3.17. The lowest BCUT2D eigenvalue weighted by Gasteiger charge is -2.30. The largest absolute Gasteiger partial charge is 0.319 e. The highest BCUT2D eigenvalue weighted by Gasteiger charge is 2.41. The minimum Gasteiger partial charge on any atom is -0.319 e. The van der Waals surface area contributed by atoms with Gasteiger partial charge in [-0.25, -0.2) is 0 Å². The summed E-state index contributed by atoms with van der Waals surface area (Å²) in [6.45, 7) is 2.42. The number of nitro benzene ring substituents is 1. The molecule has 1 heterocycles. The van der Waals surface area contributed by atoms with E-state index >= 15 is 0 Å². The normalized spacial score (nSPS) is 23.9. The minimum atomic E-state index is -0.415. The third-order valence-electron chi connectivity index (χ3n) is 4.18. The summed E-state index contributed by atoms with van der Waals surface area (Å²) in [5, 5.41) is 13.9. The Balaban J connectivity index is 1.83. The monoisotopic (exact) mass is 275 g/mol. The Morgan fingerprint density at radius 3 is 2.55 bits per heavy atom. The molecule has 2 unspecified atom stereocenters. The molecule has 0 aromatic heterocycles. The van der Waals surface area contributed by atoms with Gasteiger partial charge < -0.3 is 4.90 Å². The van der Waals surface area contributed by atoms with E-state index in [1.165, 1.54) is 25.0 Å². The molecule has 2 fully saturated rings. The van der Waals surface area contributed by atoms with Crippen molar-refractivity contribution in [1.82, 2.24) is 10.2 Å². The van der Waals surface area contributed by atoms with Crippen LogP contribution in [0.4, 0.5) is 5.69 Å². The van der Waals surface area contributed by atoms with Crippen LogP contribution in [0.5, 0.6) is 0 Å². The van der Waals surface area contributed by atoms with Gasteiger partial charge in [0.2, 0.25) is 5.91 Å². The van der Waals surface area contributed by atoms with E-state index in [-0.39, 0.29) is 23.8 Å². The van der Waals surface area contributed by atoms with E-state index in [2.05, 4.69) is 12.2 Å². The van der Waals surface area contributed by atoms with Gasteiger partial charge in [-0.3, -0.25) is 20.2 Å². The van der Waals surface area contributed by atoms with E-state index < -0.39 is 4.92 Å². The molecule has 0 radical (unpaired) electrons. The van der Waals surface area contributed by atoms with Crippen molar-refractivity contribution in [2.24, 2.45) is 5.92 Å². The summed E-state index contributed by atoms with van der Waals surface area (Å²) in [5.41, 5.74) is 0.966. The van der Waals surface area contributed by atoms with E-state index in [9.17, 15) is 14.9 Å². The number of hydrogen-bond donors (Lipinski definition) is 1. The number of nitro groups is 1. The van der Waals surface area contributed by atoms with Gasteiger partial charge in [0.1, 0.15) is 6.17 Å². The van der Waals surface area contributed by atoms with E-state index in [0.29, 0.717) is 12.5 Å². The second-order valence-electron chi connectivity index (χ2n) is 5.51. The fourth-order valence-electron chi connectivity index (χ4n) is 2.84. The molecule has 0 bridgehead atoms. The summed E-state index contributed by atoms with van der Waals surface area (Å²) in [7, 11) is 0. The van der Waals surface area contributed by atoms with Crippen molar-refractivity contribution in [2.75, 3.05) is 6.54 Å². The van der Waals surface area contributed by atoms with Crippen molar-refractivity contribution in [3.63, 3.8) is 0 Å². The molecule has 1 aliphatic carbocycles. The Labute approximate surface area is 116 Å². The summed E-state index contributed by atoms with van der Waals surface area (Å²) >= 11 is 0. The zero-order chi connectivity index (χ0) is 14.3. The molecular formula is C14H17N3O3. The molecule has 3 rings (SSSR count). The van der Waals surface area contributed by atoms with Gasteiger partial charge >= 0.3 is 0 Å². The van der Waals surface area contributed by atoms with Crippen molar-refractivity contribution < 1.29 is 9.72 Å². The zero-order valence-electron chi connectivity index (χ0n) is 11.3. The SMILES string of the molecule is CC(C1CC1)N1C(=O)CNC1c1ccc([N+](=O)[O-])cc1. The highest BCUT2D eigenvalue weighted by Crippen LogP contribution is 2.39. The maximum atomic E-state index is 12.1. The number of amides is 1. The van der Waals surface area contributed by atoms with Gasteiger partial charge in [0.05, 0.1) is 11.5 Å². The first-order valence-corrected chi connectivity index (χ1v) is 6.87. The number of non-ortho nitro benzene ring substituents is 1. The van der Waals surface area contributed by atoms with Gasteiger partial charge in [0.25, 0.3) is 5.69 Å². The average molecular weight is 275 g/mol. The van der Waals surface area contributed by atoms with Crippen LogP contribution >= 0.6 is 0 Å². The first-order chi connectivity index (χ1) is 9.58. The van der Waals surface area contributed by atoms with E-state index in [0.717, 1.165) is 5.56 Å². The van der Waals surface area contributed by atoms with Crippen LogP contribution in [-0.4, -0.2) is 28.3 Å². The summed E-state index contributed by atoms with van der Waals surface area (Å²) in [6.07, 6.45) is 2.19. The average Bonchev–Trinajstić information content (AvgIpc) is 3.21. The summed E-state index contributed by atoms with van der Waals surface area (Å²) < 4.78 is 0. The molecule has 1 N–H and O–H groups in total. The first-order valence-electron chi connectivity index (χ1n) is 6.87.